The molecule has 0 atom stereocenters. The number of carbonyl (C=O) groups is 1. The molecule has 2 rings (SSSR count). The number of halogens is 1. The molecule has 0 aliphatic heterocycles. The monoisotopic (exact) mass is 339 g/mol. The summed E-state index contributed by atoms with van der Waals surface area (Å²) in [4.78, 5) is 24.0. The molecule has 0 unspecified atom stereocenters. The molecule has 2 N–H and O–H groups in total. The van der Waals surface area contributed by atoms with Crippen LogP contribution < -0.4 is 11.2 Å². The Balaban J connectivity index is 2.59. The molecule has 20 heavy (non-hydrogen) atoms. The van der Waals surface area contributed by atoms with E-state index in [1.165, 1.54) is 0 Å². The summed E-state index contributed by atoms with van der Waals surface area (Å²) in [6, 6.07) is 4.31. The third-order valence-corrected chi connectivity index (χ3v) is 2.88. The van der Waals surface area contributed by atoms with Crippen molar-refractivity contribution in [2.75, 3.05) is 5.73 Å². The number of nitrogen functional groups attached to an aromatic ring is 1. The third-order valence-electron chi connectivity index (χ3n) is 2.42. The van der Waals surface area contributed by atoms with Gasteiger partial charge in [-0.1, -0.05) is 15.9 Å². The highest BCUT2D eigenvalue weighted by Gasteiger charge is 2.21. The smallest absolute Gasteiger partial charge is 0.374 e. The van der Waals surface area contributed by atoms with Crippen molar-refractivity contribution in [3.8, 4) is 0 Å². The van der Waals surface area contributed by atoms with E-state index in [0.717, 1.165) is 6.07 Å². The first-order valence-corrected chi connectivity index (χ1v) is 6.73. The number of rotatable bonds is 1. The number of hydrogen-bond donors (Lipinski definition) is 1. The number of benzene rings is 1. The lowest BCUT2D eigenvalue weighted by Crippen LogP contribution is -2.24. The van der Waals surface area contributed by atoms with E-state index in [4.69, 9.17) is 14.9 Å². The van der Waals surface area contributed by atoms with Crippen molar-refractivity contribution in [3.63, 3.8) is 0 Å². The second kappa shape index (κ2) is 4.94. The van der Waals surface area contributed by atoms with Crippen LogP contribution in [0.25, 0.3) is 11.0 Å². The molecule has 5 nitrogen and oxygen atoms in total. The molecule has 0 amide bonds. The number of ether oxygens (including phenoxy) is 1. The minimum absolute atomic E-state index is 0.161. The van der Waals surface area contributed by atoms with Gasteiger partial charge in [-0.25, -0.2) is 4.79 Å². The molecular weight excluding hydrogens is 326 g/mol. The highest BCUT2D eigenvalue weighted by Crippen LogP contribution is 2.25. The van der Waals surface area contributed by atoms with E-state index in [1.807, 2.05) is 0 Å². The van der Waals surface area contributed by atoms with Crippen LogP contribution in [0.5, 0.6) is 0 Å². The number of esters is 1. The number of nitrogens with two attached hydrogens (primary N) is 1. The molecule has 2 aromatic rings. The van der Waals surface area contributed by atoms with Crippen molar-refractivity contribution in [3.05, 3.63) is 38.7 Å². The van der Waals surface area contributed by atoms with Gasteiger partial charge in [0.25, 0.3) is 0 Å². The predicted molar refractivity (Wildman–Crippen MR) is 79.8 cm³/mol. The van der Waals surface area contributed by atoms with Gasteiger partial charge in [0.05, 0.1) is 11.1 Å². The maximum absolute atomic E-state index is 12.0. The lowest BCUT2D eigenvalue weighted by molar-refractivity contribution is 0.00365. The molecule has 0 saturated carbocycles. The number of fused-ring (bicyclic) bond motifs is 1. The van der Waals surface area contributed by atoms with E-state index < -0.39 is 11.6 Å². The van der Waals surface area contributed by atoms with Crippen LogP contribution in [0.1, 0.15) is 31.3 Å². The molecule has 0 fully saturated rings. The molecule has 6 heteroatoms. The highest BCUT2D eigenvalue weighted by atomic mass is 79.9. The van der Waals surface area contributed by atoms with Crippen molar-refractivity contribution in [1.82, 2.24) is 0 Å². The summed E-state index contributed by atoms with van der Waals surface area (Å²) in [6.07, 6.45) is 0. The minimum atomic E-state index is -0.696. The van der Waals surface area contributed by atoms with Gasteiger partial charge in [-0.3, -0.25) is 4.79 Å². The van der Waals surface area contributed by atoms with Crippen LogP contribution in [-0.2, 0) is 4.74 Å². The summed E-state index contributed by atoms with van der Waals surface area (Å²) in [7, 11) is 0. The Bertz CT molecular complexity index is 743. The van der Waals surface area contributed by atoms with E-state index in [2.05, 4.69) is 15.9 Å². The van der Waals surface area contributed by atoms with E-state index >= 15 is 0 Å². The number of anilines is 1. The zero-order valence-corrected chi connectivity index (χ0v) is 12.9. The zero-order valence-electron chi connectivity index (χ0n) is 11.3. The molecule has 0 saturated heterocycles. The van der Waals surface area contributed by atoms with Crippen LogP contribution in [-0.4, -0.2) is 11.6 Å². The van der Waals surface area contributed by atoms with Gasteiger partial charge in [0, 0.05) is 10.5 Å². The second-order valence-electron chi connectivity index (χ2n) is 5.35. The van der Waals surface area contributed by atoms with Gasteiger partial charge in [-0.05, 0) is 32.9 Å². The van der Waals surface area contributed by atoms with Gasteiger partial charge in [-0.2, -0.15) is 0 Å². The van der Waals surface area contributed by atoms with Crippen molar-refractivity contribution in [2.45, 2.75) is 26.4 Å². The van der Waals surface area contributed by atoms with E-state index in [-0.39, 0.29) is 22.5 Å². The Morgan fingerprint density at radius 2 is 1.95 bits per heavy atom. The molecule has 0 bridgehead atoms. The highest BCUT2D eigenvalue weighted by molar-refractivity contribution is 9.10. The first-order chi connectivity index (χ1) is 9.17. The second-order valence-corrected chi connectivity index (χ2v) is 6.26. The fourth-order valence-corrected chi connectivity index (χ4v) is 2.15. The lowest BCUT2D eigenvalue weighted by atomic mass is 10.2. The third kappa shape index (κ3) is 3.01. The lowest BCUT2D eigenvalue weighted by Gasteiger charge is -2.18. The van der Waals surface area contributed by atoms with E-state index in [9.17, 15) is 9.59 Å². The quantitative estimate of drug-likeness (QED) is 0.637. The minimum Gasteiger partial charge on any atom is -0.454 e. The van der Waals surface area contributed by atoms with Gasteiger partial charge in [0.1, 0.15) is 5.60 Å². The van der Waals surface area contributed by atoms with Crippen LogP contribution in [0, 0.1) is 0 Å². The molecule has 1 heterocycles. The number of carbonyl (C=O) groups excluding carboxylic acids is 1. The number of hydrogen-bond acceptors (Lipinski definition) is 5. The van der Waals surface area contributed by atoms with E-state index in [1.54, 1.807) is 32.9 Å². The summed E-state index contributed by atoms with van der Waals surface area (Å²) in [5, 5.41) is 0.309. The van der Waals surface area contributed by atoms with Crippen molar-refractivity contribution in [2.24, 2.45) is 0 Å². The molecule has 0 aliphatic rings. The van der Waals surface area contributed by atoms with Crippen LogP contribution in [0.3, 0.4) is 0 Å². The fraction of sp³-hybridized carbons (Fsp3) is 0.286. The summed E-state index contributed by atoms with van der Waals surface area (Å²) in [6.45, 7) is 5.20. The van der Waals surface area contributed by atoms with Crippen LogP contribution >= 0.6 is 15.9 Å². The fourth-order valence-electron chi connectivity index (χ4n) is 1.68. The average Bonchev–Trinajstić information content (AvgIpc) is 2.27. The molecule has 1 aromatic carbocycles. The van der Waals surface area contributed by atoms with Crippen LogP contribution in [0.2, 0.25) is 0 Å². The Morgan fingerprint density at radius 1 is 1.30 bits per heavy atom. The molecule has 0 aliphatic carbocycles. The molecule has 106 valence electrons. The van der Waals surface area contributed by atoms with Crippen molar-refractivity contribution in [1.29, 1.82) is 0 Å². The van der Waals surface area contributed by atoms with Gasteiger partial charge in [0.2, 0.25) is 5.76 Å². The summed E-state index contributed by atoms with van der Waals surface area (Å²) in [5.74, 6) is -0.856. The van der Waals surface area contributed by atoms with Gasteiger partial charge in [0.15, 0.2) is 11.0 Å². The summed E-state index contributed by atoms with van der Waals surface area (Å²) in [5.41, 5.74) is 5.25. The first-order valence-electron chi connectivity index (χ1n) is 5.93. The maximum Gasteiger partial charge on any atom is 0.374 e. The van der Waals surface area contributed by atoms with Gasteiger partial charge in [-0.15, -0.1) is 0 Å². The molecule has 1 aromatic heterocycles. The summed E-state index contributed by atoms with van der Waals surface area (Å²) >= 11 is 3.25. The topological polar surface area (TPSA) is 82.5 Å². The predicted octanol–water partition coefficient (Wildman–Crippen LogP) is 3.09. The first kappa shape index (κ1) is 14.6. The molecular formula is C14H14BrNO4. The Kier molecular flexibility index (Phi) is 3.60. The van der Waals surface area contributed by atoms with Crippen LogP contribution in [0.4, 0.5) is 5.69 Å². The van der Waals surface area contributed by atoms with E-state index in [0.29, 0.717) is 9.86 Å². The van der Waals surface area contributed by atoms with Crippen LogP contribution in [0.15, 0.2) is 31.9 Å². The maximum atomic E-state index is 12.0. The Labute approximate surface area is 123 Å². The SMILES string of the molecule is CC(C)(C)OC(=O)c1cc(=O)c2cc(Br)cc(N)c2o1. The standard InChI is InChI=1S/C14H14BrNO4/c1-14(2,3)20-13(18)11-6-10(17)8-4-7(15)5-9(16)12(8)19-11/h4-6H,16H2,1-3H3. The zero-order chi connectivity index (χ0) is 15.1. The molecule has 0 spiro atoms. The summed E-state index contributed by atoms with van der Waals surface area (Å²) < 4.78 is 11.3. The van der Waals surface area contributed by atoms with Crippen molar-refractivity contribution < 1.29 is 13.9 Å². The Hall–Kier alpha value is -1.82. The average molecular weight is 340 g/mol. The van der Waals surface area contributed by atoms with Gasteiger partial charge < -0.3 is 14.9 Å². The molecule has 0 radical (unpaired) electrons. The largest absolute Gasteiger partial charge is 0.454 e. The normalized spacial score (nSPS) is 11.6. The van der Waals surface area contributed by atoms with Gasteiger partial charge >= 0.3 is 5.97 Å². The Morgan fingerprint density at radius 3 is 2.55 bits per heavy atom. The van der Waals surface area contributed by atoms with Crippen molar-refractivity contribution >= 4 is 38.6 Å².